The van der Waals surface area contributed by atoms with Crippen molar-refractivity contribution in [3.63, 3.8) is 0 Å². The summed E-state index contributed by atoms with van der Waals surface area (Å²) in [6.07, 6.45) is 5.01. The molecular formula is C14H22Cl2N2O2S. The zero-order valence-corrected chi connectivity index (χ0v) is 14.5. The van der Waals surface area contributed by atoms with Gasteiger partial charge in [-0.05, 0) is 37.5 Å². The van der Waals surface area contributed by atoms with Crippen molar-refractivity contribution in [3.8, 4) is 0 Å². The average Bonchev–Trinajstić information content (AvgIpc) is 2.37. The van der Waals surface area contributed by atoms with E-state index in [-0.39, 0.29) is 28.9 Å². The zero-order valence-electron chi connectivity index (χ0n) is 12.1. The van der Waals surface area contributed by atoms with Crippen molar-refractivity contribution in [3.05, 3.63) is 28.8 Å². The van der Waals surface area contributed by atoms with Gasteiger partial charge in [0.1, 0.15) is 4.90 Å². The molecule has 0 spiro atoms. The first-order valence-electron chi connectivity index (χ1n) is 6.87. The molecule has 21 heavy (non-hydrogen) atoms. The third-order valence-corrected chi connectivity index (χ3v) is 5.72. The minimum absolute atomic E-state index is 0. The molecule has 2 rings (SSSR count). The molecule has 0 radical (unpaired) electrons. The summed E-state index contributed by atoms with van der Waals surface area (Å²) in [6.45, 7) is 2.13. The quantitative estimate of drug-likeness (QED) is 0.874. The molecule has 0 aliphatic heterocycles. The van der Waals surface area contributed by atoms with E-state index in [0.717, 1.165) is 31.2 Å². The molecule has 1 saturated carbocycles. The van der Waals surface area contributed by atoms with Gasteiger partial charge in [-0.2, -0.15) is 0 Å². The number of sulfonamides is 1. The number of hydrogen-bond donors (Lipinski definition) is 2. The number of nitrogens with one attached hydrogen (secondary N) is 1. The van der Waals surface area contributed by atoms with Crippen molar-refractivity contribution in [1.82, 2.24) is 4.72 Å². The lowest BCUT2D eigenvalue weighted by atomic mass is 9.83. The molecule has 1 fully saturated rings. The molecule has 0 bridgehead atoms. The first kappa shape index (κ1) is 18.7. The van der Waals surface area contributed by atoms with Gasteiger partial charge in [-0.1, -0.05) is 36.9 Å². The Hall–Kier alpha value is -0.330. The lowest BCUT2D eigenvalue weighted by molar-refractivity contribution is 0.296. The predicted octanol–water partition coefficient (Wildman–Crippen LogP) is 3.01. The first-order chi connectivity index (χ1) is 9.32. The summed E-state index contributed by atoms with van der Waals surface area (Å²) in [5.41, 5.74) is 6.75. The Labute approximate surface area is 137 Å². The van der Waals surface area contributed by atoms with Gasteiger partial charge in [0.05, 0.1) is 5.02 Å². The van der Waals surface area contributed by atoms with Gasteiger partial charge < -0.3 is 5.73 Å². The first-order valence-corrected chi connectivity index (χ1v) is 8.73. The highest BCUT2D eigenvalue weighted by molar-refractivity contribution is 7.89. The highest BCUT2D eigenvalue weighted by Crippen LogP contribution is 2.27. The number of hydrogen-bond acceptors (Lipinski definition) is 3. The fourth-order valence-corrected chi connectivity index (χ4v) is 4.31. The van der Waals surface area contributed by atoms with Crippen LogP contribution >= 0.6 is 24.0 Å². The van der Waals surface area contributed by atoms with Crippen LogP contribution in [-0.4, -0.2) is 20.5 Å². The van der Waals surface area contributed by atoms with E-state index in [1.165, 1.54) is 12.5 Å². The number of rotatable bonds is 4. The highest BCUT2D eigenvalue weighted by Gasteiger charge is 2.29. The van der Waals surface area contributed by atoms with Crippen LogP contribution < -0.4 is 10.5 Å². The van der Waals surface area contributed by atoms with Gasteiger partial charge in [-0.15, -0.1) is 12.4 Å². The van der Waals surface area contributed by atoms with E-state index in [4.69, 9.17) is 17.3 Å². The molecular weight excluding hydrogens is 331 g/mol. The van der Waals surface area contributed by atoms with Gasteiger partial charge in [0.25, 0.3) is 0 Å². The van der Waals surface area contributed by atoms with E-state index >= 15 is 0 Å². The number of aryl methyl sites for hydroxylation is 1. The highest BCUT2D eigenvalue weighted by atomic mass is 35.5. The second kappa shape index (κ2) is 7.29. The van der Waals surface area contributed by atoms with Crippen LogP contribution in [0.25, 0.3) is 0 Å². The van der Waals surface area contributed by atoms with Crippen molar-refractivity contribution < 1.29 is 8.42 Å². The minimum atomic E-state index is -3.61. The Morgan fingerprint density at radius 1 is 1.29 bits per heavy atom. The fourth-order valence-electron chi connectivity index (χ4n) is 2.57. The molecule has 0 heterocycles. The van der Waals surface area contributed by atoms with Gasteiger partial charge in [-0.3, -0.25) is 0 Å². The molecule has 4 nitrogen and oxygen atoms in total. The van der Waals surface area contributed by atoms with E-state index < -0.39 is 15.6 Å². The lowest BCUT2D eigenvalue weighted by Gasteiger charge is -2.33. The van der Waals surface area contributed by atoms with E-state index in [0.29, 0.717) is 0 Å². The predicted molar refractivity (Wildman–Crippen MR) is 88.6 cm³/mol. The molecule has 0 unspecified atom stereocenters. The van der Waals surface area contributed by atoms with Crippen molar-refractivity contribution in [2.45, 2.75) is 49.5 Å². The van der Waals surface area contributed by atoms with Gasteiger partial charge in [0, 0.05) is 12.1 Å². The third-order valence-electron chi connectivity index (χ3n) is 3.84. The summed E-state index contributed by atoms with van der Waals surface area (Å²) in [7, 11) is -3.61. The van der Waals surface area contributed by atoms with Crippen LogP contribution in [0, 0.1) is 6.92 Å². The standard InChI is InChI=1S/C14H21ClN2O2S.ClH/c1-11-5-6-13(12(15)9-11)20(18,19)17-10-14(16)7-3-2-4-8-14;/h5-6,9,17H,2-4,7-8,10,16H2,1H3;1H. The maximum atomic E-state index is 12.3. The van der Waals surface area contributed by atoms with E-state index in [1.807, 2.05) is 6.92 Å². The molecule has 0 saturated heterocycles. The summed E-state index contributed by atoms with van der Waals surface area (Å²) in [4.78, 5) is 0.115. The SMILES string of the molecule is Cc1ccc(S(=O)(=O)NCC2(N)CCCCC2)c(Cl)c1.Cl. The van der Waals surface area contributed by atoms with Gasteiger partial charge in [0.15, 0.2) is 0 Å². The number of nitrogens with two attached hydrogens (primary N) is 1. The molecule has 0 amide bonds. The van der Waals surface area contributed by atoms with Gasteiger partial charge in [-0.25, -0.2) is 13.1 Å². The molecule has 1 aromatic carbocycles. The zero-order chi connectivity index (χ0) is 14.8. The molecule has 1 aliphatic carbocycles. The van der Waals surface area contributed by atoms with Crippen LogP contribution in [-0.2, 0) is 10.0 Å². The lowest BCUT2D eigenvalue weighted by Crippen LogP contribution is -2.51. The summed E-state index contributed by atoms with van der Waals surface area (Å²) < 4.78 is 27.2. The molecule has 7 heteroatoms. The van der Waals surface area contributed by atoms with Gasteiger partial charge >= 0.3 is 0 Å². The maximum absolute atomic E-state index is 12.3. The second-order valence-electron chi connectivity index (χ2n) is 5.68. The monoisotopic (exact) mass is 352 g/mol. The topological polar surface area (TPSA) is 72.2 Å². The van der Waals surface area contributed by atoms with Crippen LogP contribution in [0.15, 0.2) is 23.1 Å². The molecule has 3 N–H and O–H groups in total. The molecule has 0 atom stereocenters. The van der Waals surface area contributed by atoms with Crippen LogP contribution in [0.2, 0.25) is 5.02 Å². The Bertz CT molecular complexity index is 585. The van der Waals surface area contributed by atoms with Crippen LogP contribution in [0.3, 0.4) is 0 Å². The van der Waals surface area contributed by atoms with Crippen molar-refractivity contribution in [2.24, 2.45) is 5.73 Å². The minimum Gasteiger partial charge on any atom is -0.324 e. The second-order valence-corrected chi connectivity index (χ2v) is 7.82. The van der Waals surface area contributed by atoms with Gasteiger partial charge in [0.2, 0.25) is 10.0 Å². The Balaban J connectivity index is 0.00000220. The smallest absolute Gasteiger partial charge is 0.242 e. The van der Waals surface area contributed by atoms with E-state index in [9.17, 15) is 8.42 Å². The van der Waals surface area contributed by atoms with Crippen molar-refractivity contribution in [2.75, 3.05) is 6.54 Å². The number of benzene rings is 1. The van der Waals surface area contributed by atoms with Crippen LogP contribution in [0.4, 0.5) is 0 Å². The normalized spacial score (nSPS) is 18.0. The summed E-state index contributed by atoms with van der Waals surface area (Å²) in [5, 5.41) is 0.243. The molecule has 120 valence electrons. The fraction of sp³-hybridized carbons (Fsp3) is 0.571. The van der Waals surface area contributed by atoms with E-state index in [2.05, 4.69) is 4.72 Å². The molecule has 0 aromatic heterocycles. The van der Waals surface area contributed by atoms with Crippen molar-refractivity contribution in [1.29, 1.82) is 0 Å². The largest absolute Gasteiger partial charge is 0.324 e. The molecule has 1 aliphatic rings. The van der Waals surface area contributed by atoms with E-state index in [1.54, 1.807) is 12.1 Å². The summed E-state index contributed by atoms with van der Waals surface area (Å²) in [5.74, 6) is 0. The summed E-state index contributed by atoms with van der Waals surface area (Å²) in [6, 6.07) is 4.91. The molecule has 1 aromatic rings. The van der Waals surface area contributed by atoms with Crippen molar-refractivity contribution >= 4 is 34.0 Å². The van der Waals surface area contributed by atoms with Crippen LogP contribution in [0.1, 0.15) is 37.7 Å². The number of halogens is 2. The summed E-state index contributed by atoms with van der Waals surface area (Å²) >= 11 is 6.02. The maximum Gasteiger partial charge on any atom is 0.242 e. The average molecular weight is 353 g/mol. The Kier molecular flexibility index (Phi) is 6.50. The Morgan fingerprint density at radius 3 is 2.48 bits per heavy atom. The Morgan fingerprint density at radius 2 is 1.90 bits per heavy atom. The van der Waals surface area contributed by atoms with Crippen LogP contribution in [0.5, 0.6) is 0 Å². The third kappa shape index (κ3) is 4.83.